The number of hydrogen-bond donors (Lipinski definition) is 0. The third kappa shape index (κ3) is 4.09. The van der Waals surface area contributed by atoms with Crippen LogP contribution in [0.5, 0.6) is 0 Å². The summed E-state index contributed by atoms with van der Waals surface area (Å²) < 4.78 is 33.5. The molecule has 0 aliphatic carbocycles. The van der Waals surface area contributed by atoms with Crippen LogP contribution < -0.4 is 0 Å². The van der Waals surface area contributed by atoms with Gasteiger partial charge in [-0.15, -0.1) is 0 Å². The summed E-state index contributed by atoms with van der Waals surface area (Å²) in [6.45, 7) is 11.1. The Balaban J connectivity index is 1.82. The Morgan fingerprint density at radius 1 is 1.12 bits per heavy atom. The molecule has 0 saturated heterocycles. The zero-order valence-electron chi connectivity index (χ0n) is 20.2. The summed E-state index contributed by atoms with van der Waals surface area (Å²) in [5.74, 6) is -1.12. The van der Waals surface area contributed by atoms with Crippen molar-refractivity contribution in [2.75, 3.05) is 0 Å². The predicted molar refractivity (Wildman–Crippen MR) is 128 cm³/mol. The first-order chi connectivity index (χ1) is 15.8. The molecule has 3 aromatic rings. The Labute approximate surface area is 199 Å². The minimum absolute atomic E-state index is 0.103. The third-order valence-electron chi connectivity index (χ3n) is 5.77. The van der Waals surface area contributed by atoms with Gasteiger partial charge in [-0.1, -0.05) is 31.5 Å². The maximum atomic E-state index is 13.6. The van der Waals surface area contributed by atoms with E-state index >= 15 is 0 Å². The van der Waals surface area contributed by atoms with E-state index in [1.165, 1.54) is 29.4 Å². The molecule has 9 heteroatoms. The number of amides is 1. The molecule has 1 aliphatic rings. The zero-order valence-corrected chi connectivity index (χ0v) is 21.0. The quantitative estimate of drug-likeness (QED) is 0.511. The monoisotopic (exact) mass is 483 g/mol. The summed E-state index contributed by atoms with van der Waals surface area (Å²) in [5, 5.41) is 0.492. The minimum Gasteiger partial charge on any atom is -0.458 e. The van der Waals surface area contributed by atoms with E-state index in [1.807, 2.05) is 20.8 Å². The topological polar surface area (TPSA) is 98.6 Å². The lowest BCUT2D eigenvalue weighted by Gasteiger charge is -2.36. The molecule has 2 aromatic heterocycles. The second kappa shape index (κ2) is 8.23. The maximum Gasteiger partial charge on any atom is 0.329 e. The molecule has 1 atom stereocenters. The summed E-state index contributed by atoms with van der Waals surface area (Å²) in [5.41, 5.74) is 1.35. The average Bonchev–Trinajstić information content (AvgIpc) is 3.12. The van der Waals surface area contributed by atoms with Crippen LogP contribution in [0.3, 0.4) is 0 Å². The van der Waals surface area contributed by atoms with Gasteiger partial charge in [0, 0.05) is 24.3 Å². The highest BCUT2D eigenvalue weighted by molar-refractivity contribution is 7.90. The standard InChI is InChI=1S/C25H29N3O5S/c1-15(2)21(24(30)33-25(4,5)6)27-13-17-11-12-26-22-20(17)19(23(27)29)14-28(22)34(31,32)18-9-7-16(3)8-10-18/h7-12,14-15,21H,13H2,1-6H3. The van der Waals surface area contributed by atoms with Crippen molar-refractivity contribution in [2.24, 2.45) is 5.92 Å². The second-order valence-electron chi connectivity index (χ2n) is 9.98. The molecule has 8 nitrogen and oxygen atoms in total. The largest absolute Gasteiger partial charge is 0.458 e. The van der Waals surface area contributed by atoms with Crippen LogP contribution in [0.1, 0.15) is 56.1 Å². The fourth-order valence-corrected chi connectivity index (χ4v) is 5.57. The molecule has 0 radical (unpaired) electrons. The normalized spacial score (nSPS) is 15.1. The molecule has 0 fully saturated rings. The van der Waals surface area contributed by atoms with E-state index in [1.54, 1.807) is 39.0 Å². The third-order valence-corrected chi connectivity index (χ3v) is 7.43. The molecule has 1 unspecified atom stereocenters. The number of hydrogen-bond acceptors (Lipinski definition) is 6. The first-order valence-corrected chi connectivity index (χ1v) is 12.6. The van der Waals surface area contributed by atoms with E-state index in [0.29, 0.717) is 5.39 Å². The van der Waals surface area contributed by atoms with E-state index in [2.05, 4.69) is 4.98 Å². The molecule has 1 amide bonds. The van der Waals surface area contributed by atoms with Crippen LogP contribution in [0.2, 0.25) is 0 Å². The van der Waals surface area contributed by atoms with Crippen LogP contribution in [0, 0.1) is 12.8 Å². The number of carbonyl (C=O) groups excluding carboxylic acids is 2. The number of pyridine rings is 1. The number of aryl methyl sites for hydroxylation is 1. The molecule has 0 N–H and O–H groups in total. The van der Waals surface area contributed by atoms with Crippen molar-refractivity contribution in [3.63, 3.8) is 0 Å². The minimum atomic E-state index is -3.99. The van der Waals surface area contributed by atoms with Gasteiger partial charge in [-0.2, -0.15) is 0 Å². The highest BCUT2D eigenvalue weighted by atomic mass is 32.2. The van der Waals surface area contributed by atoms with Crippen molar-refractivity contribution in [3.05, 3.63) is 59.4 Å². The van der Waals surface area contributed by atoms with E-state index in [4.69, 9.17) is 4.74 Å². The van der Waals surface area contributed by atoms with E-state index in [-0.39, 0.29) is 28.6 Å². The van der Waals surface area contributed by atoms with Gasteiger partial charge in [-0.05, 0) is 57.4 Å². The van der Waals surface area contributed by atoms with Crippen molar-refractivity contribution in [1.29, 1.82) is 0 Å². The predicted octanol–water partition coefficient (Wildman–Crippen LogP) is 3.90. The fourth-order valence-electron chi connectivity index (χ4n) is 4.25. The number of aromatic nitrogens is 2. The lowest BCUT2D eigenvalue weighted by molar-refractivity contribution is -0.162. The first-order valence-electron chi connectivity index (χ1n) is 11.2. The van der Waals surface area contributed by atoms with Crippen LogP contribution in [0.4, 0.5) is 0 Å². The average molecular weight is 484 g/mol. The van der Waals surface area contributed by atoms with E-state index in [0.717, 1.165) is 15.1 Å². The van der Waals surface area contributed by atoms with E-state index < -0.39 is 33.5 Å². The summed E-state index contributed by atoms with van der Waals surface area (Å²) in [4.78, 5) is 32.5. The summed E-state index contributed by atoms with van der Waals surface area (Å²) in [6, 6.07) is 7.44. The van der Waals surface area contributed by atoms with Crippen molar-refractivity contribution < 1.29 is 22.7 Å². The number of ether oxygens (including phenoxy) is 1. The Morgan fingerprint density at radius 3 is 2.35 bits per heavy atom. The van der Waals surface area contributed by atoms with Gasteiger partial charge < -0.3 is 9.64 Å². The molecule has 1 aromatic carbocycles. The Bertz CT molecular complexity index is 1380. The van der Waals surface area contributed by atoms with Gasteiger partial charge in [-0.3, -0.25) is 4.79 Å². The van der Waals surface area contributed by atoms with Gasteiger partial charge in [-0.25, -0.2) is 22.2 Å². The van der Waals surface area contributed by atoms with Gasteiger partial charge in [0.05, 0.1) is 10.5 Å². The lowest BCUT2D eigenvalue weighted by Crippen LogP contribution is -2.50. The van der Waals surface area contributed by atoms with Crippen molar-refractivity contribution in [1.82, 2.24) is 13.9 Å². The molecule has 0 bridgehead atoms. The van der Waals surface area contributed by atoms with Crippen LogP contribution >= 0.6 is 0 Å². The molecule has 3 heterocycles. The summed E-state index contributed by atoms with van der Waals surface area (Å²) in [6.07, 6.45) is 2.84. The Hall–Kier alpha value is -3.20. The number of benzene rings is 1. The number of rotatable bonds is 5. The van der Waals surface area contributed by atoms with E-state index in [9.17, 15) is 18.0 Å². The summed E-state index contributed by atoms with van der Waals surface area (Å²) >= 11 is 0. The van der Waals surface area contributed by atoms with Crippen LogP contribution in [-0.4, -0.2) is 45.8 Å². The smallest absolute Gasteiger partial charge is 0.329 e. The van der Waals surface area contributed by atoms with Gasteiger partial charge in [0.25, 0.3) is 15.9 Å². The van der Waals surface area contributed by atoms with Crippen LogP contribution in [0.15, 0.2) is 47.6 Å². The molecule has 4 rings (SSSR count). The summed E-state index contributed by atoms with van der Waals surface area (Å²) in [7, 11) is -3.99. The second-order valence-corrected chi connectivity index (χ2v) is 11.8. The highest BCUT2D eigenvalue weighted by Gasteiger charge is 2.40. The Kier molecular flexibility index (Phi) is 5.80. The van der Waals surface area contributed by atoms with Gasteiger partial charge in [0.15, 0.2) is 5.65 Å². The molecular weight excluding hydrogens is 454 g/mol. The van der Waals surface area contributed by atoms with Crippen molar-refractivity contribution in [3.8, 4) is 0 Å². The van der Waals surface area contributed by atoms with Gasteiger partial charge >= 0.3 is 5.97 Å². The SMILES string of the molecule is Cc1ccc(S(=O)(=O)n2cc3c4c(ccnc42)CN(C(C(=O)OC(C)(C)C)C(C)C)C3=O)cc1. The van der Waals surface area contributed by atoms with Crippen LogP contribution in [-0.2, 0) is 26.1 Å². The molecule has 0 saturated carbocycles. The van der Waals surface area contributed by atoms with Crippen molar-refractivity contribution >= 4 is 32.9 Å². The van der Waals surface area contributed by atoms with Crippen molar-refractivity contribution in [2.45, 2.75) is 64.6 Å². The highest BCUT2D eigenvalue weighted by Crippen LogP contribution is 2.34. The number of nitrogens with zero attached hydrogens (tertiary/aromatic N) is 3. The Morgan fingerprint density at radius 2 is 1.76 bits per heavy atom. The van der Waals surface area contributed by atoms with Gasteiger partial charge in [0.1, 0.15) is 11.6 Å². The zero-order chi connectivity index (χ0) is 25.0. The number of esters is 1. The van der Waals surface area contributed by atoms with Gasteiger partial charge in [0.2, 0.25) is 0 Å². The van der Waals surface area contributed by atoms with Crippen LogP contribution in [0.25, 0.3) is 11.0 Å². The molecule has 0 spiro atoms. The molecular formula is C25H29N3O5S. The molecule has 180 valence electrons. The lowest BCUT2D eigenvalue weighted by atomic mass is 9.96. The molecule has 34 heavy (non-hydrogen) atoms. The maximum absolute atomic E-state index is 13.6. The first kappa shape index (κ1) is 23.9. The molecule has 1 aliphatic heterocycles. The fraction of sp³-hybridized carbons (Fsp3) is 0.400. The number of carbonyl (C=O) groups is 2.